The average molecular weight is 254 g/mol. The van der Waals surface area contributed by atoms with Gasteiger partial charge < -0.3 is 10.5 Å². The minimum absolute atomic E-state index is 0.380. The van der Waals surface area contributed by atoms with Gasteiger partial charge in [-0.15, -0.1) is 0 Å². The summed E-state index contributed by atoms with van der Waals surface area (Å²) in [5.41, 5.74) is 6.42. The Morgan fingerprint density at radius 3 is 2.61 bits per heavy atom. The number of ether oxygens (including phenoxy) is 1. The first-order valence-electron chi connectivity index (χ1n) is 7.92. The molecule has 3 atom stereocenters. The molecule has 1 heterocycles. The summed E-state index contributed by atoms with van der Waals surface area (Å²) >= 11 is 0. The normalized spacial score (nSPS) is 36.0. The van der Waals surface area contributed by atoms with Gasteiger partial charge in [-0.1, -0.05) is 25.7 Å². The Bertz CT molecular complexity index is 233. The van der Waals surface area contributed by atoms with E-state index in [2.05, 4.69) is 11.8 Å². The molecule has 2 N–H and O–H groups in total. The number of hydrogen-bond donors (Lipinski definition) is 1. The van der Waals surface area contributed by atoms with Crippen molar-refractivity contribution in [3.8, 4) is 0 Å². The van der Waals surface area contributed by atoms with E-state index in [0.717, 1.165) is 13.2 Å². The van der Waals surface area contributed by atoms with Gasteiger partial charge >= 0.3 is 0 Å². The highest BCUT2D eigenvalue weighted by Crippen LogP contribution is 2.24. The van der Waals surface area contributed by atoms with Crippen molar-refractivity contribution in [1.29, 1.82) is 0 Å². The summed E-state index contributed by atoms with van der Waals surface area (Å²) in [5, 5.41) is 0. The van der Waals surface area contributed by atoms with Crippen molar-refractivity contribution in [2.45, 2.75) is 76.5 Å². The molecular weight excluding hydrogens is 224 g/mol. The molecule has 0 amide bonds. The van der Waals surface area contributed by atoms with E-state index in [1.807, 2.05) is 0 Å². The largest absolute Gasteiger partial charge is 0.377 e. The van der Waals surface area contributed by atoms with Crippen molar-refractivity contribution in [2.75, 3.05) is 19.7 Å². The second-order valence-electron chi connectivity index (χ2n) is 5.94. The van der Waals surface area contributed by atoms with Crippen molar-refractivity contribution in [2.24, 2.45) is 5.73 Å². The van der Waals surface area contributed by atoms with Crippen LogP contribution in [0, 0.1) is 0 Å². The van der Waals surface area contributed by atoms with Gasteiger partial charge in [-0.2, -0.15) is 0 Å². The Labute approximate surface area is 112 Å². The molecule has 1 saturated heterocycles. The third-order valence-electron chi connectivity index (χ3n) is 4.56. The van der Waals surface area contributed by atoms with E-state index in [0.29, 0.717) is 18.2 Å². The van der Waals surface area contributed by atoms with Gasteiger partial charge in [-0.25, -0.2) is 0 Å². The lowest BCUT2D eigenvalue weighted by Crippen LogP contribution is -2.53. The maximum Gasteiger partial charge on any atom is 0.0702 e. The summed E-state index contributed by atoms with van der Waals surface area (Å²) in [6.45, 7) is 5.27. The minimum Gasteiger partial charge on any atom is -0.377 e. The Kier molecular flexibility index (Phi) is 5.93. The maximum absolute atomic E-state index is 6.42. The quantitative estimate of drug-likeness (QED) is 0.841. The van der Waals surface area contributed by atoms with Crippen LogP contribution in [0.15, 0.2) is 0 Å². The number of hydrogen-bond acceptors (Lipinski definition) is 3. The zero-order valence-corrected chi connectivity index (χ0v) is 11.9. The van der Waals surface area contributed by atoms with Crippen molar-refractivity contribution >= 4 is 0 Å². The van der Waals surface area contributed by atoms with Gasteiger partial charge in [-0.3, -0.25) is 4.90 Å². The molecule has 0 aromatic heterocycles. The van der Waals surface area contributed by atoms with Crippen LogP contribution in [0.3, 0.4) is 0 Å². The SMILES string of the molecule is CCOC1CCCN(C2CCCCCCC2N)C1. The van der Waals surface area contributed by atoms with E-state index >= 15 is 0 Å². The number of nitrogens with zero attached hydrogens (tertiary/aromatic N) is 1. The number of rotatable bonds is 3. The fourth-order valence-corrected chi connectivity index (χ4v) is 3.59. The fraction of sp³-hybridized carbons (Fsp3) is 1.00. The second-order valence-corrected chi connectivity index (χ2v) is 5.94. The molecular formula is C15H30N2O. The monoisotopic (exact) mass is 254 g/mol. The summed E-state index contributed by atoms with van der Waals surface area (Å²) in [5.74, 6) is 0. The third kappa shape index (κ3) is 3.94. The van der Waals surface area contributed by atoms with Crippen LogP contribution in [0.5, 0.6) is 0 Å². The highest BCUT2D eigenvalue weighted by atomic mass is 16.5. The van der Waals surface area contributed by atoms with Crippen molar-refractivity contribution < 1.29 is 4.74 Å². The fourth-order valence-electron chi connectivity index (χ4n) is 3.59. The summed E-state index contributed by atoms with van der Waals surface area (Å²) in [6, 6.07) is 0.985. The lowest BCUT2D eigenvalue weighted by Gasteiger charge is -2.41. The summed E-state index contributed by atoms with van der Waals surface area (Å²) in [7, 11) is 0. The van der Waals surface area contributed by atoms with Gasteiger partial charge in [0.1, 0.15) is 0 Å². The number of piperidine rings is 1. The van der Waals surface area contributed by atoms with E-state index in [1.165, 1.54) is 57.9 Å². The lowest BCUT2D eigenvalue weighted by atomic mass is 9.90. The highest BCUT2D eigenvalue weighted by Gasteiger charge is 2.29. The van der Waals surface area contributed by atoms with Crippen LogP contribution in [-0.4, -0.2) is 42.8 Å². The molecule has 0 aromatic rings. The molecule has 3 heteroatoms. The van der Waals surface area contributed by atoms with Crippen LogP contribution in [0.25, 0.3) is 0 Å². The van der Waals surface area contributed by atoms with Gasteiger partial charge in [0.15, 0.2) is 0 Å². The zero-order valence-electron chi connectivity index (χ0n) is 11.9. The van der Waals surface area contributed by atoms with Crippen LogP contribution in [-0.2, 0) is 4.74 Å². The van der Waals surface area contributed by atoms with E-state index in [-0.39, 0.29) is 0 Å². The van der Waals surface area contributed by atoms with Crippen molar-refractivity contribution in [3.63, 3.8) is 0 Å². The predicted molar refractivity (Wildman–Crippen MR) is 75.7 cm³/mol. The first-order valence-corrected chi connectivity index (χ1v) is 7.92. The molecule has 1 aliphatic carbocycles. The standard InChI is InChI=1S/C15H30N2O/c1-2-18-13-8-7-11-17(12-13)15-10-6-4-3-5-9-14(15)16/h13-15H,2-12,16H2,1H3. The number of nitrogens with two attached hydrogens (primary N) is 1. The second kappa shape index (κ2) is 7.46. The van der Waals surface area contributed by atoms with E-state index in [9.17, 15) is 0 Å². The zero-order chi connectivity index (χ0) is 12.8. The van der Waals surface area contributed by atoms with Crippen LogP contribution < -0.4 is 5.73 Å². The van der Waals surface area contributed by atoms with Gasteiger partial charge in [0, 0.05) is 25.2 Å². The first kappa shape index (κ1) is 14.3. The van der Waals surface area contributed by atoms with E-state index in [1.54, 1.807) is 0 Å². The first-order chi connectivity index (χ1) is 8.81. The van der Waals surface area contributed by atoms with Gasteiger partial charge in [0.25, 0.3) is 0 Å². The van der Waals surface area contributed by atoms with Crippen LogP contribution >= 0.6 is 0 Å². The molecule has 1 saturated carbocycles. The van der Waals surface area contributed by atoms with Gasteiger partial charge in [-0.05, 0) is 39.2 Å². The molecule has 18 heavy (non-hydrogen) atoms. The van der Waals surface area contributed by atoms with Crippen LogP contribution in [0.4, 0.5) is 0 Å². The summed E-state index contributed by atoms with van der Waals surface area (Å²) in [4.78, 5) is 2.62. The molecule has 0 bridgehead atoms. The molecule has 0 spiro atoms. The third-order valence-corrected chi connectivity index (χ3v) is 4.56. The Morgan fingerprint density at radius 1 is 1.06 bits per heavy atom. The minimum atomic E-state index is 0.380. The molecule has 0 radical (unpaired) electrons. The topological polar surface area (TPSA) is 38.5 Å². The Morgan fingerprint density at radius 2 is 1.83 bits per heavy atom. The summed E-state index contributed by atoms with van der Waals surface area (Å²) in [6.07, 6.45) is 10.9. The summed E-state index contributed by atoms with van der Waals surface area (Å²) < 4.78 is 5.81. The van der Waals surface area contributed by atoms with E-state index in [4.69, 9.17) is 10.5 Å². The molecule has 0 aromatic carbocycles. The molecule has 2 rings (SSSR count). The smallest absolute Gasteiger partial charge is 0.0702 e. The molecule has 2 aliphatic rings. The molecule has 2 fully saturated rings. The van der Waals surface area contributed by atoms with Crippen molar-refractivity contribution in [3.05, 3.63) is 0 Å². The highest BCUT2D eigenvalue weighted by molar-refractivity contribution is 4.87. The Hall–Kier alpha value is -0.120. The van der Waals surface area contributed by atoms with E-state index < -0.39 is 0 Å². The Balaban J connectivity index is 1.90. The molecule has 3 unspecified atom stereocenters. The maximum atomic E-state index is 6.42. The van der Waals surface area contributed by atoms with Crippen molar-refractivity contribution in [1.82, 2.24) is 4.90 Å². The lowest BCUT2D eigenvalue weighted by molar-refractivity contribution is -0.0136. The molecule has 106 valence electrons. The predicted octanol–water partition coefficient (Wildman–Crippen LogP) is 2.54. The van der Waals surface area contributed by atoms with Crippen LogP contribution in [0.2, 0.25) is 0 Å². The average Bonchev–Trinajstić information content (AvgIpc) is 2.35. The van der Waals surface area contributed by atoms with Crippen LogP contribution in [0.1, 0.15) is 58.3 Å². The molecule has 3 nitrogen and oxygen atoms in total. The van der Waals surface area contributed by atoms with Gasteiger partial charge in [0.05, 0.1) is 6.10 Å². The molecule has 1 aliphatic heterocycles. The number of likely N-dealkylation sites (tertiary alicyclic amines) is 1. The van der Waals surface area contributed by atoms with Gasteiger partial charge in [0.2, 0.25) is 0 Å².